The van der Waals surface area contributed by atoms with Crippen LogP contribution in [0.4, 0.5) is 0 Å². The molecule has 22 heavy (non-hydrogen) atoms. The molecule has 0 atom stereocenters. The highest BCUT2D eigenvalue weighted by Crippen LogP contribution is 2.24. The van der Waals surface area contributed by atoms with Gasteiger partial charge in [0.1, 0.15) is 18.3 Å². The quantitative estimate of drug-likeness (QED) is 0.857. The van der Waals surface area contributed by atoms with Crippen LogP contribution < -0.4 is 0 Å². The fourth-order valence-electron chi connectivity index (χ4n) is 2.77. The number of hydrogen-bond acceptors (Lipinski definition) is 6. The van der Waals surface area contributed by atoms with Crippen molar-refractivity contribution in [2.75, 3.05) is 13.7 Å². The van der Waals surface area contributed by atoms with Gasteiger partial charge in [0.15, 0.2) is 5.76 Å². The summed E-state index contributed by atoms with van der Waals surface area (Å²) in [4.78, 5) is 2.31. The Balaban J connectivity index is 1.68. The summed E-state index contributed by atoms with van der Waals surface area (Å²) in [5.74, 6) is 2.84. The van der Waals surface area contributed by atoms with Crippen LogP contribution in [-0.2, 0) is 36.4 Å². The van der Waals surface area contributed by atoms with Crippen LogP contribution in [0.2, 0.25) is 0 Å². The average molecular weight is 305 g/mol. The zero-order valence-corrected chi connectivity index (χ0v) is 13.7. The first-order valence-electron chi connectivity index (χ1n) is 7.55. The van der Waals surface area contributed by atoms with Gasteiger partial charge in [0.25, 0.3) is 0 Å². The monoisotopic (exact) mass is 305 g/mol. The Morgan fingerprint density at radius 1 is 1.27 bits per heavy atom. The summed E-state index contributed by atoms with van der Waals surface area (Å²) in [6.45, 7) is 10.4. The Morgan fingerprint density at radius 3 is 2.82 bits per heavy atom. The summed E-state index contributed by atoms with van der Waals surface area (Å²) in [5, 5.41) is 12.8. The predicted octanol–water partition coefficient (Wildman–Crippen LogP) is 1.73. The molecular weight excluding hydrogens is 282 g/mol. The largest absolute Gasteiger partial charge is 0.377 e. The molecule has 3 rings (SSSR count). The molecule has 1 aliphatic heterocycles. The molecule has 0 fully saturated rings. The topological polar surface area (TPSA) is 69.2 Å². The maximum absolute atomic E-state index is 5.23. The van der Waals surface area contributed by atoms with E-state index in [0.29, 0.717) is 6.61 Å². The van der Waals surface area contributed by atoms with Crippen molar-refractivity contribution in [3.8, 4) is 0 Å². The van der Waals surface area contributed by atoms with E-state index >= 15 is 0 Å². The summed E-state index contributed by atoms with van der Waals surface area (Å²) in [7, 11) is 1.65. The zero-order valence-electron chi connectivity index (χ0n) is 13.7. The number of hydrogen-bond donors (Lipinski definition) is 0. The van der Waals surface area contributed by atoms with Gasteiger partial charge in [-0.05, 0) is 0 Å². The molecule has 2 aromatic rings. The average Bonchev–Trinajstić information content (AvgIpc) is 3.05. The number of aromatic nitrogens is 4. The first kappa shape index (κ1) is 15.2. The summed E-state index contributed by atoms with van der Waals surface area (Å²) in [6, 6.07) is 1.95. The maximum Gasteiger partial charge on any atom is 0.162 e. The van der Waals surface area contributed by atoms with Gasteiger partial charge in [0.05, 0.1) is 12.2 Å². The molecule has 1 aliphatic rings. The van der Waals surface area contributed by atoms with E-state index in [4.69, 9.17) is 9.26 Å². The first-order chi connectivity index (χ1) is 10.5. The van der Waals surface area contributed by atoms with Crippen LogP contribution in [0.3, 0.4) is 0 Å². The predicted molar refractivity (Wildman–Crippen MR) is 80.1 cm³/mol. The van der Waals surface area contributed by atoms with Crippen LogP contribution >= 0.6 is 0 Å². The highest BCUT2D eigenvalue weighted by molar-refractivity contribution is 5.09. The lowest BCUT2D eigenvalue weighted by molar-refractivity contribution is 0.155. The standard InChI is InChI=1S/C15H23N5O2/c1-15(2,3)14-17-16-13-9-19(5-6-20(13)14)8-11-7-12(10-21-4)22-18-11/h7H,5-6,8-10H2,1-4H3. The Kier molecular flexibility index (Phi) is 4.01. The third kappa shape index (κ3) is 3.05. The molecule has 0 amide bonds. The molecule has 0 unspecified atom stereocenters. The fraction of sp³-hybridized carbons (Fsp3) is 0.667. The molecular formula is C15H23N5O2. The third-order valence-corrected chi connectivity index (χ3v) is 3.78. The van der Waals surface area contributed by atoms with Gasteiger partial charge in [-0.2, -0.15) is 0 Å². The number of rotatable bonds is 4. The molecule has 7 nitrogen and oxygen atoms in total. The number of nitrogens with zero attached hydrogens (tertiary/aromatic N) is 5. The highest BCUT2D eigenvalue weighted by Gasteiger charge is 2.27. The van der Waals surface area contributed by atoms with Crippen LogP contribution in [-0.4, -0.2) is 38.5 Å². The minimum atomic E-state index is 0.0224. The molecule has 3 heterocycles. The van der Waals surface area contributed by atoms with E-state index in [-0.39, 0.29) is 5.41 Å². The van der Waals surface area contributed by atoms with Crippen molar-refractivity contribution < 1.29 is 9.26 Å². The Hall–Kier alpha value is -1.73. The van der Waals surface area contributed by atoms with Crippen molar-refractivity contribution in [1.29, 1.82) is 0 Å². The van der Waals surface area contributed by atoms with E-state index < -0.39 is 0 Å². The van der Waals surface area contributed by atoms with Gasteiger partial charge in [-0.1, -0.05) is 25.9 Å². The molecule has 120 valence electrons. The lowest BCUT2D eigenvalue weighted by Crippen LogP contribution is -2.35. The molecule has 2 aromatic heterocycles. The van der Waals surface area contributed by atoms with E-state index in [9.17, 15) is 0 Å². The van der Waals surface area contributed by atoms with Crippen molar-refractivity contribution in [1.82, 2.24) is 24.8 Å². The second kappa shape index (κ2) is 5.81. The van der Waals surface area contributed by atoms with Gasteiger partial charge in [-0.25, -0.2) is 0 Å². The lowest BCUT2D eigenvalue weighted by Gasteiger charge is -2.28. The van der Waals surface area contributed by atoms with Gasteiger partial charge < -0.3 is 13.8 Å². The van der Waals surface area contributed by atoms with Crippen LogP contribution in [0.5, 0.6) is 0 Å². The minimum Gasteiger partial charge on any atom is -0.377 e. The Labute approximate surface area is 130 Å². The van der Waals surface area contributed by atoms with E-state index in [1.807, 2.05) is 6.07 Å². The SMILES string of the molecule is COCc1cc(CN2CCn3c(nnc3C(C)(C)C)C2)no1. The summed E-state index contributed by atoms with van der Waals surface area (Å²) < 4.78 is 12.5. The molecule has 0 aromatic carbocycles. The summed E-state index contributed by atoms with van der Waals surface area (Å²) in [5.41, 5.74) is 0.949. The zero-order chi connectivity index (χ0) is 15.7. The normalized spacial score (nSPS) is 16.0. The van der Waals surface area contributed by atoms with Gasteiger partial charge in [0, 0.05) is 38.2 Å². The fourth-order valence-corrected chi connectivity index (χ4v) is 2.77. The van der Waals surface area contributed by atoms with E-state index in [1.54, 1.807) is 7.11 Å². The van der Waals surface area contributed by atoms with Crippen molar-refractivity contribution in [2.45, 2.75) is 52.4 Å². The maximum atomic E-state index is 5.23. The number of methoxy groups -OCH3 is 1. The molecule has 7 heteroatoms. The third-order valence-electron chi connectivity index (χ3n) is 3.78. The highest BCUT2D eigenvalue weighted by atomic mass is 16.5. The Morgan fingerprint density at radius 2 is 2.09 bits per heavy atom. The van der Waals surface area contributed by atoms with Gasteiger partial charge in [0.2, 0.25) is 0 Å². The first-order valence-corrected chi connectivity index (χ1v) is 7.55. The summed E-state index contributed by atoms with van der Waals surface area (Å²) >= 11 is 0. The summed E-state index contributed by atoms with van der Waals surface area (Å²) in [6.07, 6.45) is 0. The van der Waals surface area contributed by atoms with Crippen LogP contribution in [0, 0.1) is 0 Å². The molecule has 0 radical (unpaired) electrons. The molecule has 0 N–H and O–H groups in total. The molecule has 0 spiro atoms. The smallest absolute Gasteiger partial charge is 0.162 e. The van der Waals surface area contributed by atoms with E-state index in [0.717, 1.165) is 49.3 Å². The van der Waals surface area contributed by atoms with Crippen molar-refractivity contribution in [2.24, 2.45) is 0 Å². The molecule has 0 saturated heterocycles. The van der Waals surface area contributed by atoms with Crippen LogP contribution in [0.25, 0.3) is 0 Å². The molecule has 0 bridgehead atoms. The van der Waals surface area contributed by atoms with E-state index in [2.05, 4.69) is 45.6 Å². The van der Waals surface area contributed by atoms with Crippen molar-refractivity contribution in [3.63, 3.8) is 0 Å². The van der Waals surface area contributed by atoms with Gasteiger partial charge in [-0.3, -0.25) is 4.90 Å². The lowest BCUT2D eigenvalue weighted by atomic mass is 9.95. The molecule has 0 saturated carbocycles. The Bertz CT molecular complexity index is 641. The van der Waals surface area contributed by atoms with E-state index in [1.165, 1.54) is 0 Å². The van der Waals surface area contributed by atoms with Crippen LogP contribution in [0.1, 0.15) is 43.9 Å². The van der Waals surface area contributed by atoms with Crippen molar-refractivity contribution in [3.05, 3.63) is 29.2 Å². The van der Waals surface area contributed by atoms with Crippen LogP contribution in [0.15, 0.2) is 10.6 Å². The number of fused-ring (bicyclic) bond motifs is 1. The number of ether oxygens (including phenoxy) is 1. The van der Waals surface area contributed by atoms with Gasteiger partial charge >= 0.3 is 0 Å². The van der Waals surface area contributed by atoms with Gasteiger partial charge in [-0.15, -0.1) is 10.2 Å². The minimum absolute atomic E-state index is 0.0224. The molecule has 0 aliphatic carbocycles. The second-order valence-electron chi connectivity index (χ2n) is 6.77. The van der Waals surface area contributed by atoms with Crippen molar-refractivity contribution >= 4 is 0 Å². The second-order valence-corrected chi connectivity index (χ2v) is 6.77.